The summed E-state index contributed by atoms with van der Waals surface area (Å²) in [4.78, 5) is 11.9. The largest absolute Gasteiger partial charge is 0.481 e. The van der Waals surface area contributed by atoms with Gasteiger partial charge < -0.3 is 10.1 Å². The number of benzene rings is 2. The zero-order valence-corrected chi connectivity index (χ0v) is 13.5. The smallest absolute Gasteiger partial charge is 0.260 e. The maximum Gasteiger partial charge on any atom is 0.260 e. The topological polar surface area (TPSA) is 38.3 Å². The average molecular weight is 315 g/mol. The quantitative estimate of drug-likeness (QED) is 0.758. The summed E-state index contributed by atoms with van der Waals surface area (Å²) in [6.07, 6.45) is -0.485. The summed E-state index contributed by atoms with van der Waals surface area (Å²) < 4.78 is 5.58. The van der Waals surface area contributed by atoms with Gasteiger partial charge in [-0.05, 0) is 24.6 Å². The fourth-order valence-electron chi connectivity index (χ4n) is 1.91. The van der Waals surface area contributed by atoms with E-state index in [9.17, 15) is 4.79 Å². The van der Waals surface area contributed by atoms with E-state index in [2.05, 4.69) is 17.4 Å². The van der Waals surface area contributed by atoms with Gasteiger partial charge in [-0.25, -0.2) is 0 Å². The molecule has 0 aromatic heterocycles. The van der Waals surface area contributed by atoms with E-state index < -0.39 is 6.10 Å². The summed E-state index contributed by atoms with van der Waals surface area (Å²) in [6.45, 7) is 2.41. The second kappa shape index (κ2) is 9.15. The molecule has 2 rings (SSSR count). The van der Waals surface area contributed by atoms with Gasteiger partial charge in [-0.1, -0.05) is 48.5 Å². The third-order valence-corrected chi connectivity index (χ3v) is 4.11. The second-order valence-corrected chi connectivity index (χ2v) is 6.01. The van der Waals surface area contributed by atoms with E-state index in [4.69, 9.17) is 4.74 Å². The Labute approximate surface area is 136 Å². The Kier molecular flexibility index (Phi) is 6.84. The summed E-state index contributed by atoms with van der Waals surface area (Å²) >= 11 is 1.81. The molecule has 2 aromatic carbocycles. The molecule has 0 bridgehead atoms. The second-order valence-electron chi connectivity index (χ2n) is 4.90. The fourth-order valence-corrected chi connectivity index (χ4v) is 2.73. The first-order valence-electron chi connectivity index (χ1n) is 7.37. The predicted octanol–water partition coefficient (Wildman–Crippen LogP) is 3.50. The summed E-state index contributed by atoms with van der Waals surface area (Å²) in [5, 5.41) is 2.90. The van der Waals surface area contributed by atoms with Gasteiger partial charge in [0.25, 0.3) is 5.91 Å². The molecule has 1 amide bonds. The molecule has 4 heteroatoms. The summed E-state index contributed by atoms with van der Waals surface area (Å²) in [6, 6.07) is 19.7. The molecule has 0 heterocycles. The zero-order valence-electron chi connectivity index (χ0n) is 12.7. The number of rotatable bonds is 8. The number of para-hydroxylation sites is 1. The minimum absolute atomic E-state index is 0.0795. The van der Waals surface area contributed by atoms with Crippen molar-refractivity contribution in [2.24, 2.45) is 0 Å². The minimum atomic E-state index is -0.485. The molecule has 0 fully saturated rings. The molecule has 0 spiro atoms. The monoisotopic (exact) mass is 315 g/mol. The van der Waals surface area contributed by atoms with Crippen molar-refractivity contribution in [3.05, 3.63) is 66.2 Å². The van der Waals surface area contributed by atoms with Crippen LogP contribution in [-0.2, 0) is 10.5 Å². The van der Waals surface area contributed by atoms with E-state index in [0.717, 1.165) is 11.5 Å². The Bertz CT molecular complexity index is 560. The lowest BCUT2D eigenvalue weighted by atomic mass is 10.2. The Balaban J connectivity index is 1.61. The van der Waals surface area contributed by atoms with Crippen LogP contribution >= 0.6 is 11.8 Å². The van der Waals surface area contributed by atoms with E-state index in [0.29, 0.717) is 12.3 Å². The van der Waals surface area contributed by atoms with Crippen molar-refractivity contribution in [2.45, 2.75) is 18.8 Å². The standard InChI is InChI=1S/C18H21NO2S/c1-15(21-17-10-6-3-7-11-17)18(20)19-12-13-22-14-16-8-4-2-5-9-16/h2-11,15H,12-14H2,1H3,(H,19,20)/t15-/m0/s1. The maximum atomic E-state index is 11.9. The molecular weight excluding hydrogens is 294 g/mol. The summed E-state index contributed by atoms with van der Waals surface area (Å²) in [5.41, 5.74) is 1.31. The Morgan fingerprint density at radius 2 is 1.73 bits per heavy atom. The van der Waals surface area contributed by atoms with Crippen molar-refractivity contribution in [3.8, 4) is 5.75 Å². The number of hydrogen-bond donors (Lipinski definition) is 1. The molecule has 0 aliphatic carbocycles. The van der Waals surface area contributed by atoms with Crippen LogP contribution in [0.3, 0.4) is 0 Å². The third-order valence-electron chi connectivity index (χ3n) is 3.08. The highest BCUT2D eigenvalue weighted by Gasteiger charge is 2.13. The number of nitrogens with one attached hydrogen (secondary N) is 1. The molecule has 0 aliphatic rings. The molecule has 116 valence electrons. The molecular formula is C18H21NO2S. The van der Waals surface area contributed by atoms with Crippen LogP contribution in [0.2, 0.25) is 0 Å². The molecule has 1 N–H and O–H groups in total. The normalized spacial score (nSPS) is 11.7. The van der Waals surface area contributed by atoms with Crippen LogP contribution in [0, 0.1) is 0 Å². The van der Waals surface area contributed by atoms with Crippen LogP contribution in [-0.4, -0.2) is 24.3 Å². The fraction of sp³-hybridized carbons (Fsp3) is 0.278. The summed E-state index contributed by atoms with van der Waals surface area (Å²) in [7, 11) is 0. The van der Waals surface area contributed by atoms with Gasteiger partial charge in [0.05, 0.1) is 0 Å². The molecule has 2 aromatic rings. The SMILES string of the molecule is C[C@H](Oc1ccccc1)C(=O)NCCSCc1ccccc1. The van der Waals surface area contributed by atoms with Crippen molar-refractivity contribution in [2.75, 3.05) is 12.3 Å². The first-order valence-corrected chi connectivity index (χ1v) is 8.52. The van der Waals surface area contributed by atoms with Gasteiger partial charge in [0.15, 0.2) is 6.10 Å². The molecule has 3 nitrogen and oxygen atoms in total. The highest BCUT2D eigenvalue weighted by molar-refractivity contribution is 7.98. The number of carbonyl (C=O) groups is 1. The first kappa shape index (κ1) is 16.4. The van der Waals surface area contributed by atoms with Gasteiger partial charge in [0.2, 0.25) is 0 Å². The van der Waals surface area contributed by atoms with E-state index in [1.807, 2.05) is 60.3 Å². The Morgan fingerprint density at radius 1 is 1.09 bits per heavy atom. The van der Waals surface area contributed by atoms with Gasteiger partial charge in [-0.3, -0.25) is 4.79 Å². The number of thioether (sulfide) groups is 1. The summed E-state index contributed by atoms with van der Waals surface area (Å²) in [5.74, 6) is 2.48. The van der Waals surface area contributed by atoms with Crippen molar-refractivity contribution >= 4 is 17.7 Å². The van der Waals surface area contributed by atoms with Gasteiger partial charge in [-0.15, -0.1) is 0 Å². The van der Waals surface area contributed by atoms with Gasteiger partial charge >= 0.3 is 0 Å². The van der Waals surface area contributed by atoms with Crippen LogP contribution < -0.4 is 10.1 Å². The van der Waals surface area contributed by atoms with E-state index in [-0.39, 0.29) is 5.91 Å². The third kappa shape index (κ3) is 5.82. The lowest BCUT2D eigenvalue weighted by Crippen LogP contribution is -2.37. The predicted molar refractivity (Wildman–Crippen MR) is 92.1 cm³/mol. The van der Waals surface area contributed by atoms with Crippen molar-refractivity contribution in [1.82, 2.24) is 5.32 Å². The highest BCUT2D eigenvalue weighted by Crippen LogP contribution is 2.12. The number of carbonyl (C=O) groups excluding carboxylic acids is 1. The highest BCUT2D eigenvalue weighted by atomic mass is 32.2. The van der Waals surface area contributed by atoms with E-state index in [1.165, 1.54) is 5.56 Å². The van der Waals surface area contributed by atoms with Gasteiger partial charge in [0, 0.05) is 18.1 Å². The number of hydrogen-bond acceptors (Lipinski definition) is 3. The minimum Gasteiger partial charge on any atom is -0.481 e. The molecule has 0 saturated heterocycles. The zero-order chi connectivity index (χ0) is 15.6. The van der Waals surface area contributed by atoms with Crippen LogP contribution in [0.4, 0.5) is 0 Å². The number of amides is 1. The van der Waals surface area contributed by atoms with E-state index in [1.54, 1.807) is 6.92 Å². The average Bonchev–Trinajstić information content (AvgIpc) is 2.56. The van der Waals surface area contributed by atoms with Crippen molar-refractivity contribution in [1.29, 1.82) is 0 Å². The van der Waals surface area contributed by atoms with Crippen LogP contribution in [0.15, 0.2) is 60.7 Å². The molecule has 0 aliphatic heterocycles. The van der Waals surface area contributed by atoms with Crippen LogP contribution in [0.5, 0.6) is 5.75 Å². The van der Waals surface area contributed by atoms with Gasteiger partial charge in [0.1, 0.15) is 5.75 Å². The molecule has 1 atom stereocenters. The first-order chi connectivity index (χ1) is 10.8. The Hall–Kier alpha value is -1.94. The molecule has 0 unspecified atom stereocenters. The van der Waals surface area contributed by atoms with E-state index >= 15 is 0 Å². The maximum absolute atomic E-state index is 11.9. The van der Waals surface area contributed by atoms with Crippen molar-refractivity contribution < 1.29 is 9.53 Å². The van der Waals surface area contributed by atoms with Gasteiger partial charge in [-0.2, -0.15) is 11.8 Å². The van der Waals surface area contributed by atoms with Crippen molar-refractivity contribution in [3.63, 3.8) is 0 Å². The molecule has 0 radical (unpaired) electrons. The molecule has 0 saturated carbocycles. The lowest BCUT2D eigenvalue weighted by molar-refractivity contribution is -0.127. The number of ether oxygens (including phenoxy) is 1. The Morgan fingerprint density at radius 3 is 2.41 bits per heavy atom. The van der Waals surface area contributed by atoms with Crippen LogP contribution in [0.1, 0.15) is 12.5 Å². The lowest BCUT2D eigenvalue weighted by Gasteiger charge is -2.14. The van der Waals surface area contributed by atoms with Crippen LogP contribution in [0.25, 0.3) is 0 Å². The molecule has 22 heavy (non-hydrogen) atoms.